The third-order valence-corrected chi connectivity index (χ3v) is 8.39. The van der Waals surface area contributed by atoms with Gasteiger partial charge >= 0.3 is 0 Å². The molecular weight excluding hydrogens is 498 g/mol. The lowest BCUT2D eigenvalue weighted by Crippen LogP contribution is -2.48. The maximum atomic E-state index is 12.7. The molecule has 1 saturated heterocycles. The molecular formula is C29H37N5O3S. The van der Waals surface area contributed by atoms with Gasteiger partial charge in [0.15, 0.2) is 11.5 Å². The van der Waals surface area contributed by atoms with Crippen LogP contribution in [0.1, 0.15) is 53.5 Å². The van der Waals surface area contributed by atoms with Crippen LogP contribution in [0.2, 0.25) is 0 Å². The predicted molar refractivity (Wildman–Crippen MR) is 150 cm³/mol. The van der Waals surface area contributed by atoms with Gasteiger partial charge in [-0.25, -0.2) is 9.97 Å². The molecule has 202 valence electrons. The Bertz CT molecular complexity index is 1210. The van der Waals surface area contributed by atoms with Crippen LogP contribution >= 0.6 is 11.3 Å². The van der Waals surface area contributed by atoms with E-state index in [0.717, 1.165) is 61.8 Å². The van der Waals surface area contributed by atoms with Gasteiger partial charge in [0.2, 0.25) is 0 Å². The van der Waals surface area contributed by atoms with Crippen molar-refractivity contribution in [1.82, 2.24) is 20.2 Å². The molecule has 1 amide bonds. The lowest BCUT2D eigenvalue weighted by Gasteiger charge is -2.42. The number of benzene rings is 1. The van der Waals surface area contributed by atoms with Gasteiger partial charge in [-0.2, -0.15) is 11.3 Å². The van der Waals surface area contributed by atoms with Gasteiger partial charge in [-0.1, -0.05) is 0 Å². The van der Waals surface area contributed by atoms with Gasteiger partial charge in [0, 0.05) is 50.0 Å². The van der Waals surface area contributed by atoms with Gasteiger partial charge in [0.25, 0.3) is 5.91 Å². The monoisotopic (exact) mass is 535 g/mol. The highest BCUT2D eigenvalue weighted by molar-refractivity contribution is 7.07. The Balaban J connectivity index is 1.17. The summed E-state index contributed by atoms with van der Waals surface area (Å²) in [4.78, 5) is 26.1. The molecule has 2 aliphatic heterocycles. The van der Waals surface area contributed by atoms with Crippen molar-refractivity contribution in [2.24, 2.45) is 0 Å². The Kier molecular flexibility index (Phi) is 8.44. The first-order valence-corrected chi connectivity index (χ1v) is 14.4. The average molecular weight is 536 g/mol. The summed E-state index contributed by atoms with van der Waals surface area (Å²) in [5.41, 5.74) is 4.55. The molecule has 3 aromatic rings. The van der Waals surface area contributed by atoms with E-state index in [9.17, 15) is 4.79 Å². The fraction of sp³-hybridized carbons (Fsp3) is 0.483. The van der Waals surface area contributed by atoms with Crippen LogP contribution in [0.25, 0.3) is 0 Å². The molecule has 5 rings (SSSR count). The molecule has 4 heterocycles. The zero-order chi connectivity index (χ0) is 26.5. The van der Waals surface area contributed by atoms with Crippen LogP contribution < -0.4 is 19.7 Å². The molecule has 2 aliphatic rings. The van der Waals surface area contributed by atoms with Gasteiger partial charge < -0.3 is 24.6 Å². The summed E-state index contributed by atoms with van der Waals surface area (Å²) in [7, 11) is 0. The molecule has 0 unspecified atom stereocenters. The molecule has 1 fully saturated rings. The first-order valence-electron chi connectivity index (χ1n) is 13.5. The number of hydrogen-bond acceptors (Lipinski definition) is 8. The minimum Gasteiger partial charge on any atom is -0.486 e. The molecule has 0 spiro atoms. The molecule has 2 aromatic heterocycles. The number of hydrogen-bond donors (Lipinski definition) is 1. The van der Waals surface area contributed by atoms with E-state index in [2.05, 4.69) is 61.0 Å². The Morgan fingerprint density at radius 3 is 2.58 bits per heavy atom. The number of aromatic nitrogens is 2. The van der Waals surface area contributed by atoms with Crippen molar-refractivity contribution < 1.29 is 14.3 Å². The quantitative estimate of drug-likeness (QED) is 0.429. The number of amides is 1. The number of nitrogens with one attached hydrogen (secondary N) is 1. The second-order valence-corrected chi connectivity index (χ2v) is 10.9. The highest BCUT2D eigenvalue weighted by atomic mass is 32.1. The van der Waals surface area contributed by atoms with E-state index in [1.807, 2.05) is 19.9 Å². The van der Waals surface area contributed by atoms with Gasteiger partial charge in [-0.05, 0) is 74.6 Å². The topological polar surface area (TPSA) is 79.8 Å². The first kappa shape index (κ1) is 26.4. The highest BCUT2D eigenvalue weighted by Gasteiger charge is 2.28. The first-order chi connectivity index (χ1) is 18.5. The second-order valence-electron chi connectivity index (χ2n) is 10.2. The van der Waals surface area contributed by atoms with Crippen molar-refractivity contribution in [3.63, 3.8) is 0 Å². The van der Waals surface area contributed by atoms with Crippen molar-refractivity contribution >= 4 is 22.9 Å². The number of carbonyl (C=O) groups excluding carboxylic acids is 1. The lowest BCUT2D eigenvalue weighted by atomic mass is 9.99. The number of aryl methyl sites for hydroxylation is 2. The van der Waals surface area contributed by atoms with Crippen LogP contribution in [-0.2, 0) is 6.54 Å². The van der Waals surface area contributed by atoms with Crippen molar-refractivity contribution in [3.8, 4) is 11.5 Å². The number of rotatable bonds is 9. The number of carbonyl (C=O) groups is 1. The molecule has 38 heavy (non-hydrogen) atoms. The maximum Gasteiger partial charge on any atom is 0.254 e. The van der Waals surface area contributed by atoms with Crippen LogP contribution in [0.5, 0.6) is 11.5 Å². The predicted octanol–water partition coefficient (Wildman–Crippen LogP) is 4.61. The number of likely N-dealkylation sites (tertiary alicyclic amines) is 1. The lowest BCUT2D eigenvalue weighted by molar-refractivity contribution is 0.0943. The van der Waals surface area contributed by atoms with Gasteiger partial charge in [0.05, 0.1) is 17.0 Å². The molecule has 0 saturated carbocycles. The van der Waals surface area contributed by atoms with E-state index in [0.29, 0.717) is 37.4 Å². The SMILES string of the molecule is Cc1ncnc(C)c1C(=O)NCC[C@@H](C)N1CCC(N(Cc2ccsc2)c2ccc3c(c2)OCCO3)CC1. The minimum absolute atomic E-state index is 0.0880. The number of ether oxygens (including phenoxy) is 2. The largest absolute Gasteiger partial charge is 0.486 e. The number of fused-ring (bicyclic) bond motifs is 1. The number of thiophene rings is 1. The molecule has 1 atom stereocenters. The summed E-state index contributed by atoms with van der Waals surface area (Å²) in [6, 6.07) is 9.40. The zero-order valence-electron chi connectivity index (χ0n) is 22.5. The normalized spacial score (nSPS) is 16.7. The summed E-state index contributed by atoms with van der Waals surface area (Å²) >= 11 is 1.74. The standard InChI is InChI=1S/C29H37N5O3S/c1-20(6-10-30-29(35)28-21(2)31-19-32-22(28)3)33-11-7-24(8-12-33)34(17-23-9-15-38-18-23)25-4-5-26-27(16-25)37-14-13-36-26/h4-5,9,15-16,18-20,24H,6-8,10-14,17H2,1-3H3,(H,30,35)/t20-/m1/s1. The van der Waals surface area contributed by atoms with E-state index in [-0.39, 0.29) is 5.91 Å². The average Bonchev–Trinajstić information content (AvgIpc) is 3.45. The fourth-order valence-corrected chi connectivity index (χ4v) is 6.11. The molecule has 1 N–H and O–H groups in total. The van der Waals surface area contributed by atoms with Crippen LogP contribution in [0.15, 0.2) is 41.4 Å². The molecule has 0 bridgehead atoms. The van der Waals surface area contributed by atoms with Crippen LogP contribution in [-0.4, -0.2) is 65.7 Å². The number of anilines is 1. The van der Waals surface area contributed by atoms with E-state index in [1.54, 1.807) is 11.3 Å². The summed E-state index contributed by atoms with van der Waals surface area (Å²) in [5.74, 6) is 1.58. The Morgan fingerprint density at radius 1 is 1.13 bits per heavy atom. The van der Waals surface area contributed by atoms with Crippen LogP contribution in [0, 0.1) is 13.8 Å². The summed E-state index contributed by atoms with van der Waals surface area (Å²) in [5, 5.41) is 7.46. The van der Waals surface area contributed by atoms with Crippen molar-refractivity contribution in [3.05, 3.63) is 63.9 Å². The van der Waals surface area contributed by atoms with Crippen molar-refractivity contribution in [1.29, 1.82) is 0 Å². The van der Waals surface area contributed by atoms with E-state index >= 15 is 0 Å². The maximum absolute atomic E-state index is 12.7. The Hall–Kier alpha value is -3.17. The highest BCUT2D eigenvalue weighted by Crippen LogP contribution is 2.36. The smallest absolute Gasteiger partial charge is 0.254 e. The van der Waals surface area contributed by atoms with Crippen LogP contribution in [0.3, 0.4) is 0 Å². The third-order valence-electron chi connectivity index (χ3n) is 7.65. The number of piperidine rings is 1. The second kappa shape index (κ2) is 12.1. The molecule has 0 radical (unpaired) electrons. The molecule has 9 heteroatoms. The molecule has 1 aromatic carbocycles. The Morgan fingerprint density at radius 2 is 1.87 bits per heavy atom. The van der Waals surface area contributed by atoms with Crippen LogP contribution in [0.4, 0.5) is 5.69 Å². The van der Waals surface area contributed by atoms with E-state index in [1.165, 1.54) is 17.6 Å². The van der Waals surface area contributed by atoms with E-state index in [4.69, 9.17) is 9.47 Å². The van der Waals surface area contributed by atoms with E-state index < -0.39 is 0 Å². The summed E-state index contributed by atoms with van der Waals surface area (Å²) < 4.78 is 11.6. The van der Waals surface area contributed by atoms with Gasteiger partial charge in [-0.15, -0.1) is 0 Å². The van der Waals surface area contributed by atoms with Gasteiger partial charge in [0.1, 0.15) is 19.5 Å². The Labute approximate surface area is 229 Å². The van der Waals surface area contributed by atoms with Crippen molar-refractivity contribution in [2.75, 3.05) is 37.7 Å². The molecule has 8 nitrogen and oxygen atoms in total. The fourth-order valence-electron chi connectivity index (χ4n) is 5.45. The third kappa shape index (κ3) is 6.10. The van der Waals surface area contributed by atoms with Crippen molar-refractivity contribution in [2.45, 2.75) is 58.7 Å². The number of nitrogens with zero attached hydrogens (tertiary/aromatic N) is 4. The van der Waals surface area contributed by atoms with Gasteiger partial charge in [-0.3, -0.25) is 4.79 Å². The zero-order valence-corrected chi connectivity index (χ0v) is 23.3. The summed E-state index contributed by atoms with van der Waals surface area (Å²) in [6.07, 6.45) is 4.59. The minimum atomic E-state index is -0.0880. The molecule has 0 aliphatic carbocycles. The summed E-state index contributed by atoms with van der Waals surface area (Å²) in [6.45, 7) is 10.8.